The van der Waals surface area contributed by atoms with Crippen LogP contribution >= 0.6 is 11.6 Å². The van der Waals surface area contributed by atoms with Crippen molar-refractivity contribution in [3.63, 3.8) is 0 Å². The van der Waals surface area contributed by atoms with E-state index in [0.717, 1.165) is 34.1 Å². The molecule has 0 aromatic heterocycles. The molecule has 11 heteroatoms. The molecule has 1 N–H and O–H groups in total. The molecule has 2 amide bonds. The number of hydrogen-bond acceptors (Lipinski definition) is 5. The van der Waals surface area contributed by atoms with E-state index in [9.17, 15) is 22.4 Å². The van der Waals surface area contributed by atoms with Gasteiger partial charge in [0.2, 0.25) is 11.8 Å². The van der Waals surface area contributed by atoms with Gasteiger partial charge in [-0.1, -0.05) is 37.6 Å². The average molecular weight is 618 g/mol. The monoisotopic (exact) mass is 617 g/mol. The van der Waals surface area contributed by atoms with Gasteiger partial charge in [-0.15, -0.1) is 0 Å². The molecule has 3 rings (SSSR count). The van der Waals surface area contributed by atoms with Gasteiger partial charge in [-0.3, -0.25) is 13.9 Å². The van der Waals surface area contributed by atoms with Gasteiger partial charge in [0.15, 0.2) is 0 Å². The lowest BCUT2D eigenvalue weighted by atomic mass is 10.1. The third kappa shape index (κ3) is 8.45. The summed E-state index contributed by atoms with van der Waals surface area (Å²) in [6, 6.07) is 16.6. The van der Waals surface area contributed by atoms with Crippen molar-refractivity contribution in [2.75, 3.05) is 17.5 Å². The number of nitrogens with one attached hydrogen (secondary N) is 1. The lowest BCUT2D eigenvalue weighted by Crippen LogP contribution is -2.53. The molecule has 0 fully saturated rings. The Morgan fingerprint density at radius 2 is 1.55 bits per heavy atom. The fourth-order valence-corrected chi connectivity index (χ4v) is 5.83. The molecule has 0 unspecified atom stereocenters. The van der Waals surface area contributed by atoms with E-state index < -0.39 is 34.3 Å². The first-order valence-electron chi connectivity index (χ1n) is 13.9. The highest BCUT2D eigenvalue weighted by Crippen LogP contribution is 2.27. The van der Waals surface area contributed by atoms with Crippen LogP contribution in [0.3, 0.4) is 0 Å². The van der Waals surface area contributed by atoms with Gasteiger partial charge in [0.1, 0.15) is 24.2 Å². The SMILES string of the molecule is CCOc1ccc(N(CC(=O)N(Cc2ccc(Cl)cc2)[C@H](CC)C(=O)N[C@H](C)CC)S(=O)(=O)c2ccc(F)cc2)cc1. The first-order valence-corrected chi connectivity index (χ1v) is 15.7. The quantitative estimate of drug-likeness (QED) is 0.247. The summed E-state index contributed by atoms with van der Waals surface area (Å²) in [6.45, 7) is 7.31. The summed E-state index contributed by atoms with van der Waals surface area (Å²) in [7, 11) is -4.32. The van der Waals surface area contributed by atoms with Crippen LogP contribution in [-0.2, 0) is 26.2 Å². The number of hydrogen-bond donors (Lipinski definition) is 1. The van der Waals surface area contributed by atoms with Crippen molar-refractivity contribution in [3.05, 3.63) is 89.2 Å². The maximum absolute atomic E-state index is 14.1. The normalized spacial score (nSPS) is 12.7. The summed E-state index contributed by atoms with van der Waals surface area (Å²) in [5.41, 5.74) is 0.927. The Labute approximate surface area is 252 Å². The molecule has 0 heterocycles. The first kappa shape index (κ1) is 32.9. The molecule has 8 nitrogen and oxygen atoms in total. The van der Waals surface area contributed by atoms with Crippen molar-refractivity contribution in [1.82, 2.24) is 10.2 Å². The number of carbonyl (C=O) groups excluding carboxylic acids is 2. The minimum absolute atomic E-state index is 0.0517. The van der Waals surface area contributed by atoms with Crippen LogP contribution in [-0.4, -0.2) is 50.4 Å². The molecule has 3 aromatic carbocycles. The van der Waals surface area contributed by atoms with Crippen LogP contribution < -0.4 is 14.4 Å². The van der Waals surface area contributed by atoms with E-state index >= 15 is 0 Å². The van der Waals surface area contributed by atoms with E-state index in [4.69, 9.17) is 16.3 Å². The van der Waals surface area contributed by atoms with Crippen molar-refractivity contribution in [2.24, 2.45) is 0 Å². The number of sulfonamides is 1. The fourth-order valence-electron chi connectivity index (χ4n) is 4.28. The van der Waals surface area contributed by atoms with Crippen LogP contribution in [0.15, 0.2) is 77.7 Å². The number of anilines is 1. The molecule has 2 atom stereocenters. The van der Waals surface area contributed by atoms with Crippen LogP contribution in [0.2, 0.25) is 5.02 Å². The number of ether oxygens (including phenoxy) is 1. The van der Waals surface area contributed by atoms with Crippen molar-refractivity contribution in [1.29, 1.82) is 0 Å². The molecule has 0 spiro atoms. The van der Waals surface area contributed by atoms with Gasteiger partial charge in [-0.05, 0) is 92.9 Å². The number of halogens is 2. The third-order valence-electron chi connectivity index (χ3n) is 6.77. The van der Waals surface area contributed by atoms with Gasteiger partial charge in [0.25, 0.3) is 10.0 Å². The van der Waals surface area contributed by atoms with Gasteiger partial charge in [0, 0.05) is 17.6 Å². The summed E-state index contributed by atoms with van der Waals surface area (Å²) in [5.74, 6) is -0.979. The standard InChI is InChI=1S/C31H37ClFN3O5S/c1-5-22(4)34-31(38)29(6-2)35(20-23-8-10-24(32)11-9-23)30(37)21-36(26-14-16-27(17-15-26)41-7-3)42(39,40)28-18-12-25(33)13-19-28/h8-19,22,29H,5-7,20-21H2,1-4H3,(H,34,38)/t22-,29-/m1/s1. The van der Waals surface area contributed by atoms with Crippen LogP contribution in [0.5, 0.6) is 5.75 Å². The zero-order valence-corrected chi connectivity index (χ0v) is 25.8. The van der Waals surface area contributed by atoms with E-state index in [1.54, 1.807) is 43.3 Å². The highest BCUT2D eigenvalue weighted by Gasteiger charge is 2.34. The van der Waals surface area contributed by atoms with Gasteiger partial charge in [-0.2, -0.15) is 0 Å². The number of benzene rings is 3. The minimum atomic E-state index is -4.32. The molecule has 0 bridgehead atoms. The summed E-state index contributed by atoms with van der Waals surface area (Å²) < 4.78 is 47.9. The summed E-state index contributed by atoms with van der Waals surface area (Å²) >= 11 is 6.06. The van der Waals surface area contributed by atoms with Crippen LogP contribution in [0.1, 0.15) is 46.1 Å². The van der Waals surface area contributed by atoms with Crippen molar-refractivity contribution < 1.29 is 27.1 Å². The van der Waals surface area contributed by atoms with Gasteiger partial charge in [-0.25, -0.2) is 12.8 Å². The molecule has 0 saturated carbocycles. The molecule has 3 aromatic rings. The van der Waals surface area contributed by atoms with E-state index in [2.05, 4.69) is 5.32 Å². The summed E-state index contributed by atoms with van der Waals surface area (Å²) in [6.07, 6.45) is 1.00. The Bertz CT molecular complexity index is 1430. The number of amides is 2. The topological polar surface area (TPSA) is 96.0 Å². The largest absolute Gasteiger partial charge is 0.494 e. The third-order valence-corrected chi connectivity index (χ3v) is 8.81. The molecule has 226 valence electrons. The van der Waals surface area contributed by atoms with Crippen LogP contribution in [0.4, 0.5) is 10.1 Å². The van der Waals surface area contributed by atoms with Gasteiger partial charge >= 0.3 is 0 Å². The molecule has 0 aliphatic heterocycles. The van der Waals surface area contributed by atoms with E-state index in [-0.39, 0.29) is 29.1 Å². The van der Waals surface area contributed by atoms with Crippen molar-refractivity contribution in [2.45, 2.75) is 64.1 Å². The van der Waals surface area contributed by atoms with E-state index in [1.165, 1.54) is 17.0 Å². The van der Waals surface area contributed by atoms with Crippen molar-refractivity contribution in [3.8, 4) is 5.75 Å². The molecule has 0 aliphatic rings. The maximum atomic E-state index is 14.1. The first-order chi connectivity index (χ1) is 20.0. The highest BCUT2D eigenvalue weighted by molar-refractivity contribution is 7.92. The van der Waals surface area contributed by atoms with Gasteiger partial charge < -0.3 is 15.0 Å². The Morgan fingerprint density at radius 1 is 0.929 bits per heavy atom. The van der Waals surface area contributed by atoms with E-state index in [1.807, 2.05) is 20.8 Å². The molecular formula is C31H37ClFN3O5S. The molecule has 0 saturated heterocycles. The Morgan fingerprint density at radius 3 is 2.10 bits per heavy atom. The zero-order valence-electron chi connectivity index (χ0n) is 24.2. The average Bonchev–Trinajstić information content (AvgIpc) is 2.97. The predicted octanol–water partition coefficient (Wildman–Crippen LogP) is 5.80. The van der Waals surface area contributed by atoms with Crippen LogP contribution in [0.25, 0.3) is 0 Å². The smallest absolute Gasteiger partial charge is 0.264 e. The Balaban J connectivity index is 2.05. The lowest BCUT2D eigenvalue weighted by Gasteiger charge is -2.33. The lowest BCUT2D eigenvalue weighted by molar-refractivity contribution is -0.140. The minimum Gasteiger partial charge on any atom is -0.494 e. The number of nitrogens with zero attached hydrogens (tertiary/aromatic N) is 2. The molecule has 42 heavy (non-hydrogen) atoms. The van der Waals surface area contributed by atoms with Crippen molar-refractivity contribution >= 4 is 39.1 Å². The second-order valence-electron chi connectivity index (χ2n) is 9.78. The predicted molar refractivity (Wildman–Crippen MR) is 163 cm³/mol. The molecule has 0 aliphatic carbocycles. The maximum Gasteiger partial charge on any atom is 0.264 e. The molecule has 0 radical (unpaired) electrons. The molecular weight excluding hydrogens is 581 g/mol. The zero-order chi connectivity index (χ0) is 30.9. The second-order valence-corrected chi connectivity index (χ2v) is 12.1. The van der Waals surface area contributed by atoms with E-state index in [0.29, 0.717) is 30.2 Å². The summed E-state index contributed by atoms with van der Waals surface area (Å²) in [5, 5.41) is 3.46. The number of rotatable bonds is 14. The van der Waals surface area contributed by atoms with Gasteiger partial charge in [0.05, 0.1) is 17.2 Å². The second kappa shape index (κ2) is 15.0. The fraction of sp³-hybridized carbons (Fsp3) is 0.355. The number of carbonyl (C=O) groups is 2. The Hall–Kier alpha value is -3.63. The highest BCUT2D eigenvalue weighted by atomic mass is 35.5. The summed E-state index contributed by atoms with van der Waals surface area (Å²) in [4.78, 5) is 28.6. The van der Waals surface area contributed by atoms with Crippen LogP contribution in [0, 0.1) is 5.82 Å². The Kier molecular flexibility index (Phi) is 11.8.